The van der Waals surface area contributed by atoms with Crippen LogP contribution in [0.25, 0.3) is 10.9 Å². The highest BCUT2D eigenvalue weighted by molar-refractivity contribution is 7.91. The summed E-state index contributed by atoms with van der Waals surface area (Å²) in [5.74, 6) is 0.208. The zero-order valence-corrected chi connectivity index (χ0v) is 14.6. The van der Waals surface area contributed by atoms with Crippen LogP contribution in [0.3, 0.4) is 0 Å². The summed E-state index contributed by atoms with van der Waals surface area (Å²) in [6, 6.07) is 9.90. The van der Waals surface area contributed by atoms with Crippen LogP contribution in [0.5, 0.6) is 0 Å². The Morgan fingerprint density at radius 3 is 2.92 bits per heavy atom. The molecule has 130 valence electrons. The summed E-state index contributed by atoms with van der Waals surface area (Å²) in [6.45, 7) is 2.68. The first kappa shape index (κ1) is 16.8. The van der Waals surface area contributed by atoms with E-state index in [1.54, 1.807) is 4.90 Å². The third-order valence-corrected chi connectivity index (χ3v) is 6.20. The molecule has 1 aliphatic heterocycles. The van der Waals surface area contributed by atoms with E-state index in [-0.39, 0.29) is 30.1 Å². The molecule has 1 fully saturated rings. The van der Waals surface area contributed by atoms with Crippen molar-refractivity contribution in [3.05, 3.63) is 36.0 Å². The highest BCUT2D eigenvalue weighted by atomic mass is 32.2. The van der Waals surface area contributed by atoms with Gasteiger partial charge in [0.15, 0.2) is 9.84 Å². The molecule has 3 rings (SSSR count). The summed E-state index contributed by atoms with van der Waals surface area (Å²) in [7, 11) is -3.02. The number of hydrogen-bond donors (Lipinski definition) is 2. The van der Waals surface area contributed by atoms with Gasteiger partial charge in [-0.1, -0.05) is 18.2 Å². The van der Waals surface area contributed by atoms with Crippen LogP contribution in [0.4, 0.5) is 4.79 Å². The largest absolute Gasteiger partial charge is 0.358 e. The van der Waals surface area contributed by atoms with Gasteiger partial charge < -0.3 is 15.2 Å². The quantitative estimate of drug-likeness (QED) is 0.888. The Bertz CT molecular complexity index is 795. The Kier molecular flexibility index (Phi) is 4.80. The third-order valence-electron chi connectivity index (χ3n) is 4.54. The predicted octanol–water partition coefficient (Wildman–Crippen LogP) is 1.93. The Morgan fingerprint density at radius 1 is 1.33 bits per heavy atom. The molecular weight excluding hydrogens is 326 g/mol. The Morgan fingerprint density at radius 2 is 2.12 bits per heavy atom. The summed E-state index contributed by atoms with van der Waals surface area (Å²) in [5.41, 5.74) is 2.16. The summed E-state index contributed by atoms with van der Waals surface area (Å²) in [6.07, 6.45) is 1.21. The third kappa shape index (κ3) is 3.90. The molecule has 2 amide bonds. The lowest BCUT2D eigenvalue weighted by molar-refractivity contribution is 0.183. The van der Waals surface area contributed by atoms with Crippen LogP contribution >= 0.6 is 0 Å². The first-order valence-corrected chi connectivity index (χ1v) is 10.1. The SMILES string of the molecule is CC1CCS(=O)(=O)CCN1C(=O)NCCc1cc2ccccc2[nH]1. The standard InChI is InChI=1S/C17H23N3O3S/c1-13-7-10-24(22,23)11-9-20(13)17(21)18-8-6-15-12-14-4-2-3-5-16(14)19-15/h2-5,12-13,19H,6-11H2,1H3,(H,18,21). The van der Waals surface area contributed by atoms with Crippen molar-refractivity contribution in [1.82, 2.24) is 15.2 Å². The van der Waals surface area contributed by atoms with E-state index >= 15 is 0 Å². The second-order valence-corrected chi connectivity index (χ2v) is 8.65. The monoisotopic (exact) mass is 349 g/mol. The highest BCUT2D eigenvalue weighted by Crippen LogP contribution is 2.15. The molecule has 0 saturated carbocycles. The van der Waals surface area contributed by atoms with E-state index in [0.29, 0.717) is 19.4 Å². The van der Waals surface area contributed by atoms with Crippen LogP contribution in [-0.4, -0.2) is 55.0 Å². The molecule has 1 unspecified atom stereocenters. The van der Waals surface area contributed by atoms with Gasteiger partial charge in [-0.25, -0.2) is 13.2 Å². The van der Waals surface area contributed by atoms with E-state index in [9.17, 15) is 13.2 Å². The zero-order chi connectivity index (χ0) is 17.2. The number of hydrogen-bond acceptors (Lipinski definition) is 3. The smallest absolute Gasteiger partial charge is 0.317 e. The molecule has 2 N–H and O–H groups in total. The van der Waals surface area contributed by atoms with E-state index in [2.05, 4.69) is 16.4 Å². The van der Waals surface area contributed by atoms with Gasteiger partial charge in [0.2, 0.25) is 0 Å². The van der Waals surface area contributed by atoms with Gasteiger partial charge in [0.05, 0.1) is 11.5 Å². The van der Waals surface area contributed by atoms with Gasteiger partial charge in [0.1, 0.15) is 0 Å². The number of fused-ring (bicyclic) bond motifs is 1. The van der Waals surface area contributed by atoms with Crippen LogP contribution in [0.1, 0.15) is 19.0 Å². The number of para-hydroxylation sites is 1. The Balaban J connectivity index is 1.55. The van der Waals surface area contributed by atoms with Gasteiger partial charge in [0.25, 0.3) is 0 Å². The van der Waals surface area contributed by atoms with Crippen molar-refractivity contribution >= 4 is 26.8 Å². The van der Waals surface area contributed by atoms with Crippen molar-refractivity contribution in [3.63, 3.8) is 0 Å². The molecule has 0 radical (unpaired) electrons. The van der Waals surface area contributed by atoms with Crippen molar-refractivity contribution in [2.45, 2.75) is 25.8 Å². The average Bonchev–Trinajstić information content (AvgIpc) is 2.89. The fourth-order valence-corrected chi connectivity index (χ4v) is 4.42. The average molecular weight is 349 g/mol. The lowest BCUT2D eigenvalue weighted by atomic mass is 10.2. The Labute approximate surface area is 142 Å². The maximum atomic E-state index is 12.3. The number of carbonyl (C=O) groups is 1. The normalized spacial score (nSPS) is 20.7. The Hall–Kier alpha value is -2.02. The lowest BCUT2D eigenvalue weighted by Crippen LogP contribution is -2.46. The predicted molar refractivity (Wildman–Crippen MR) is 94.8 cm³/mol. The topological polar surface area (TPSA) is 82.3 Å². The number of benzene rings is 1. The maximum Gasteiger partial charge on any atom is 0.317 e. The van der Waals surface area contributed by atoms with E-state index in [1.807, 2.05) is 31.2 Å². The molecule has 1 atom stereocenters. The number of rotatable bonds is 3. The minimum atomic E-state index is -3.02. The number of nitrogens with one attached hydrogen (secondary N) is 2. The maximum absolute atomic E-state index is 12.3. The number of aromatic nitrogens is 1. The summed E-state index contributed by atoms with van der Waals surface area (Å²) >= 11 is 0. The minimum Gasteiger partial charge on any atom is -0.358 e. The number of carbonyl (C=O) groups excluding carboxylic acids is 1. The van der Waals surface area contributed by atoms with Crippen molar-refractivity contribution in [2.24, 2.45) is 0 Å². The molecule has 1 saturated heterocycles. The lowest BCUT2D eigenvalue weighted by Gasteiger charge is -2.26. The fourth-order valence-electron chi connectivity index (χ4n) is 3.04. The van der Waals surface area contributed by atoms with E-state index < -0.39 is 9.84 Å². The number of nitrogens with zero attached hydrogens (tertiary/aromatic N) is 1. The van der Waals surface area contributed by atoms with Gasteiger partial charge in [-0.05, 0) is 30.9 Å². The summed E-state index contributed by atoms with van der Waals surface area (Å²) < 4.78 is 23.4. The zero-order valence-electron chi connectivity index (χ0n) is 13.8. The fraction of sp³-hybridized carbons (Fsp3) is 0.471. The number of sulfone groups is 1. The number of aromatic amines is 1. The second kappa shape index (κ2) is 6.84. The highest BCUT2D eigenvalue weighted by Gasteiger charge is 2.27. The molecule has 2 aromatic rings. The van der Waals surface area contributed by atoms with Crippen LogP contribution < -0.4 is 5.32 Å². The van der Waals surface area contributed by atoms with E-state index in [0.717, 1.165) is 16.6 Å². The summed E-state index contributed by atoms with van der Waals surface area (Å²) in [4.78, 5) is 17.3. The summed E-state index contributed by atoms with van der Waals surface area (Å²) in [5, 5.41) is 4.06. The molecule has 6 nitrogen and oxygen atoms in total. The first-order chi connectivity index (χ1) is 11.4. The molecule has 0 aliphatic carbocycles. The number of urea groups is 1. The van der Waals surface area contributed by atoms with Gasteiger partial charge in [-0.2, -0.15) is 0 Å². The van der Waals surface area contributed by atoms with Crippen molar-refractivity contribution in [3.8, 4) is 0 Å². The molecule has 0 bridgehead atoms. The van der Waals surface area contributed by atoms with Crippen LogP contribution in [0.2, 0.25) is 0 Å². The molecule has 7 heteroatoms. The van der Waals surface area contributed by atoms with Gasteiger partial charge in [0, 0.05) is 36.8 Å². The molecule has 0 spiro atoms. The van der Waals surface area contributed by atoms with E-state index in [4.69, 9.17) is 0 Å². The van der Waals surface area contributed by atoms with Crippen molar-refractivity contribution in [1.29, 1.82) is 0 Å². The van der Waals surface area contributed by atoms with Crippen LogP contribution in [-0.2, 0) is 16.3 Å². The molecule has 24 heavy (non-hydrogen) atoms. The van der Waals surface area contributed by atoms with Crippen LogP contribution in [0.15, 0.2) is 30.3 Å². The molecule has 1 aliphatic rings. The molecule has 1 aromatic heterocycles. The molecular formula is C17H23N3O3S. The van der Waals surface area contributed by atoms with Gasteiger partial charge in [-0.15, -0.1) is 0 Å². The molecule has 1 aromatic carbocycles. The number of H-pyrrole nitrogens is 1. The number of amides is 2. The van der Waals surface area contributed by atoms with Gasteiger partial charge in [-0.3, -0.25) is 0 Å². The van der Waals surface area contributed by atoms with E-state index in [1.165, 1.54) is 0 Å². The van der Waals surface area contributed by atoms with Crippen molar-refractivity contribution in [2.75, 3.05) is 24.6 Å². The van der Waals surface area contributed by atoms with Crippen LogP contribution in [0, 0.1) is 0 Å². The van der Waals surface area contributed by atoms with Crippen molar-refractivity contribution < 1.29 is 13.2 Å². The molecule has 2 heterocycles. The minimum absolute atomic E-state index is 0.0484. The first-order valence-electron chi connectivity index (χ1n) is 8.26. The second-order valence-electron chi connectivity index (χ2n) is 6.35. The van der Waals surface area contributed by atoms with Gasteiger partial charge >= 0.3 is 6.03 Å².